The predicted molar refractivity (Wildman–Crippen MR) is 381 cm³/mol. The molecule has 19 heteroatoms. The van der Waals surface area contributed by atoms with E-state index in [0.717, 1.165) is 114 Å². The first-order valence-electron chi connectivity index (χ1n) is 38.8. The number of unbranched alkanes of at least 4 members (excludes halogenated alkanes) is 35. The van der Waals surface area contributed by atoms with E-state index in [0.29, 0.717) is 31.6 Å². The van der Waals surface area contributed by atoms with E-state index in [2.05, 4.69) is 55.4 Å². The van der Waals surface area contributed by atoms with Crippen molar-refractivity contribution in [2.24, 2.45) is 23.7 Å². The molecule has 0 aliphatic heterocycles. The molecular formula is C75H146O17P2. The first-order chi connectivity index (χ1) is 45.2. The Morgan fingerprint density at radius 2 is 0.511 bits per heavy atom. The second-order valence-corrected chi connectivity index (χ2v) is 31.1. The Kier molecular flexibility index (Phi) is 63.1. The van der Waals surface area contributed by atoms with Crippen LogP contribution in [-0.2, 0) is 65.4 Å². The summed E-state index contributed by atoms with van der Waals surface area (Å²) in [7, 11) is -9.91. The Bertz CT molecular complexity index is 1860. The lowest BCUT2D eigenvalue weighted by molar-refractivity contribution is -0.161. The fourth-order valence-electron chi connectivity index (χ4n) is 11.3. The average molecular weight is 1380 g/mol. The minimum atomic E-state index is -4.96. The number of ether oxygens (including phenoxy) is 4. The van der Waals surface area contributed by atoms with Crippen molar-refractivity contribution in [2.45, 2.75) is 395 Å². The van der Waals surface area contributed by atoms with E-state index >= 15 is 0 Å². The summed E-state index contributed by atoms with van der Waals surface area (Å²) in [5.41, 5.74) is 0. The summed E-state index contributed by atoms with van der Waals surface area (Å²) in [6.07, 6.45) is 48.4. The first kappa shape index (κ1) is 92.1. The summed E-state index contributed by atoms with van der Waals surface area (Å²) >= 11 is 0. The van der Waals surface area contributed by atoms with Crippen molar-refractivity contribution in [1.82, 2.24) is 0 Å². The molecule has 558 valence electrons. The Labute approximate surface area is 575 Å². The fraction of sp³-hybridized carbons (Fsp3) is 0.947. The zero-order valence-corrected chi connectivity index (χ0v) is 63.4. The van der Waals surface area contributed by atoms with Crippen LogP contribution in [0.5, 0.6) is 0 Å². The van der Waals surface area contributed by atoms with Gasteiger partial charge in [-0.2, -0.15) is 0 Å². The Morgan fingerprint density at radius 3 is 0.755 bits per heavy atom. The third-order valence-corrected chi connectivity index (χ3v) is 20.3. The summed E-state index contributed by atoms with van der Waals surface area (Å²) < 4.78 is 68.5. The van der Waals surface area contributed by atoms with Gasteiger partial charge in [0.1, 0.15) is 19.3 Å². The quantitative estimate of drug-likeness (QED) is 0.0222. The van der Waals surface area contributed by atoms with Crippen LogP contribution in [-0.4, -0.2) is 96.7 Å². The zero-order chi connectivity index (χ0) is 69.6. The molecule has 0 rings (SSSR count). The molecule has 17 nitrogen and oxygen atoms in total. The van der Waals surface area contributed by atoms with E-state index < -0.39 is 97.5 Å². The molecule has 0 heterocycles. The third-order valence-electron chi connectivity index (χ3n) is 18.4. The van der Waals surface area contributed by atoms with Gasteiger partial charge >= 0.3 is 39.5 Å². The van der Waals surface area contributed by atoms with Crippen LogP contribution in [0.4, 0.5) is 0 Å². The van der Waals surface area contributed by atoms with Crippen LogP contribution in [0.15, 0.2) is 0 Å². The molecule has 0 fully saturated rings. The van der Waals surface area contributed by atoms with E-state index in [9.17, 15) is 43.2 Å². The summed E-state index contributed by atoms with van der Waals surface area (Å²) in [6.45, 7) is 14.2. The van der Waals surface area contributed by atoms with Gasteiger partial charge in [-0.1, -0.05) is 325 Å². The SMILES string of the molecule is CCC(C)CCCCCCCCCCCCCCCCC(=O)O[C@H](COC(=O)CCCCCCCCCCC(C)CC)COP(=O)(O)OCC(O)COP(=O)(O)OC[C@@H](COC(=O)CCCCCCCCCC(C)C)OC(=O)CCCCCCCCCCCCC(C)CC. The molecule has 0 radical (unpaired) electrons. The number of hydrogen-bond donors (Lipinski definition) is 3. The fourth-order valence-corrected chi connectivity index (χ4v) is 12.9. The van der Waals surface area contributed by atoms with Crippen LogP contribution in [0.25, 0.3) is 0 Å². The second-order valence-electron chi connectivity index (χ2n) is 28.2. The minimum Gasteiger partial charge on any atom is -0.462 e. The van der Waals surface area contributed by atoms with Crippen molar-refractivity contribution in [2.75, 3.05) is 39.6 Å². The Hall–Kier alpha value is -1.94. The van der Waals surface area contributed by atoms with Crippen molar-refractivity contribution < 1.29 is 80.2 Å². The molecule has 0 saturated carbocycles. The van der Waals surface area contributed by atoms with Crippen molar-refractivity contribution in [3.8, 4) is 0 Å². The normalized spacial score (nSPS) is 15.0. The summed E-state index contributed by atoms with van der Waals surface area (Å²) in [5, 5.41) is 10.6. The molecule has 0 aromatic rings. The van der Waals surface area contributed by atoms with Crippen LogP contribution in [0.2, 0.25) is 0 Å². The van der Waals surface area contributed by atoms with E-state index in [1.807, 2.05) is 0 Å². The van der Waals surface area contributed by atoms with Gasteiger partial charge in [0, 0.05) is 25.7 Å². The van der Waals surface area contributed by atoms with Crippen molar-refractivity contribution in [3.63, 3.8) is 0 Å². The van der Waals surface area contributed by atoms with Crippen LogP contribution < -0.4 is 0 Å². The lowest BCUT2D eigenvalue weighted by atomic mass is 9.99. The first-order valence-corrected chi connectivity index (χ1v) is 41.8. The molecular weight excluding hydrogens is 1230 g/mol. The number of phosphoric ester groups is 2. The van der Waals surface area contributed by atoms with Crippen LogP contribution in [0.3, 0.4) is 0 Å². The third kappa shape index (κ3) is 64.7. The molecule has 0 aliphatic rings. The second kappa shape index (κ2) is 64.4. The standard InChI is InChI=1S/C75H146O17P2/c1-9-66(6)52-44-36-28-20-16-14-12-13-15-17-22-32-41-49-57-74(79)91-70(61-85-72(77)55-47-39-31-25-24-30-38-46-54-68(8)11-3)63-89-93(81,82)87-59-69(76)60-88-94(83,84)90-64-71(62-86-73(78)56-48-40-34-26-27-35-43-51-65(4)5)92-75(80)58-50-42-33-23-19-18-21-29-37-45-53-67(7)10-2/h65-71,76H,9-64H2,1-8H3,(H,81,82)(H,83,84)/t66?,67?,68?,69?,70-,71-/m1/s1. The maximum absolute atomic E-state index is 13.1. The number of phosphoric acid groups is 2. The Balaban J connectivity index is 5.25. The molecule has 0 bridgehead atoms. The van der Waals surface area contributed by atoms with Crippen molar-refractivity contribution in [1.29, 1.82) is 0 Å². The lowest BCUT2D eigenvalue weighted by Crippen LogP contribution is -2.30. The number of aliphatic hydroxyl groups is 1. The summed E-state index contributed by atoms with van der Waals surface area (Å²) in [6, 6.07) is 0. The molecule has 0 saturated heterocycles. The van der Waals surface area contributed by atoms with Crippen LogP contribution in [0.1, 0.15) is 376 Å². The van der Waals surface area contributed by atoms with E-state index in [4.69, 9.17) is 37.0 Å². The average Bonchev–Trinajstić information content (AvgIpc) is 2.83. The van der Waals surface area contributed by atoms with E-state index in [1.165, 1.54) is 173 Å². The van der Waals surface area contributed by atoms with Gasteiger partial charge in [0.15, 0.2) is 12.2 Å². The van der Waals surface area contributed by atoms with Gasteiger partial charge in [-0.05, 0) is 49.4 Å². The molecule has 94 heavy (non-hydrogen) atoms. The molecule has 0 amide bonds. The molecule has 0 aliphatic carbocycles. The highest BCUT2D eigenvalue weighted by atomic mass is 31.2. The number of carbonyl (C=O) groups is 4. The smallest absolute Gasteiger partial charge is 0.462 e. The van der Waals surface area contributed by atoms with Crippen LogP contribution >= 0.6 is 15.6 Å². The summed E-state index contributed by atoms with van der Waals surface area (Å²) in [5.74, 6) is 1.01. The molecule has 3 N–H and O–H groups in total. The van der Waals surface area contributed by atoms with Gasteiger partial charge in [0.25, 0.3) is 0 Å². The predicted octanol–water partition coefficient (Wildman–Crippen LogP) is 21.7. The zero-order valence-electron chi connectivity index (χ0n) is 61.6. The highest BCUT2D eigenvalue weighted by Crippen LogP contribution is 2.45. The van der Waals surface area contributed by atoms with E-state index in [-0.39, 0.29) is 25.7 Å². The molecule has 0 spiro atoms. The highest BCUT2D eigenvalue weighted by molar-refractivity contribution is 7.47. The van der Waals surface area contributed by atoms with Gasteiger partial charge in [-0.15, -0.1) is 0 Å². The molecule has 0 aromatic carbocycles. The maximum atomic E-state index is 13.1. The van der Waals surface area contributed by atoms with Gasteiger partial charge in [-0.3, -0.25) is 37.3 Å². The van der Waals surface area contributed by atoms with Gasteiger partial charge < -0.3 is 33.8 Å². The minimum absolute atomic E-state index is 0.105. The topological polar surface area (TPSA) is 237 Å². The molecule has 6 unspecified atom stereocenters. The molecule has 8 atom stereocenters. The number of aliphatic hydroxyl groups excluding tert-OH is 1. The highest BCUT2D eigenvalue weighted by Gasteiger charge is 2.30. The maximum Gasteiger partial charge on any atom is 0.472 e. The lowest BCUT2D eigenvalue weighted by Gasteiger charge is -2.21. The van der Waals surface area contributed by atoms with Crippen LogP contribution in [0, 0.1) is 23.7 Å². The van der Waals surface area contributed by atoms with Crippen molar-refractivity contribution in [3.05, 3.63) is 0 Å². The number of carbonyl (C=O) groups excluding carboxylic acids is 4. The number of esters is 4. The summed E-state index contributed by atoms with van der Waals surface area (Å²) in [4.78, 5) is 72.8. The Morgan fingerprint density at radius 1 is 0.298 bits per heavy atom. The van der Waals surface area contributed by atoms with E-state index in [1.54, 1.807) is 0 Å². The van der Waals surface area contributed by atoms with Gasteiger partial charge in [0.05, 0.1) is 26.4 Å². The molecule has 0 aromatic heterocycles. The largest absolute Gasteiger partial charge is 0.472 e. The van der Waals surface area contributed by atoms with Gasteiger partial charge in [-0.25, -0.2) is 9.13 Å². The number of rotatable bonds is 72. The number of hydrogen-bond acceptors (Lipinski definition) is 15. The van der Waals surface area contributed by atoms with Gasteiger partial charge in [0.2, 0.25) is 0 Å². The monoisotopic (exact) mass is 1380 g/mol. The van der Waals surface area contributed by atoms with Crippen molar-refractivity contribution >= 4 is 39.5 Å².